The Balaban J connectivity index is 0.00000280. The van der Waals surface area contributed by atoms with E-state index in [9.17, 15) is 0 Å². The van der Waals surface area contributed by atoms with Crippen LogP contribution in [0, 0.1) is 6.92 Å². The van der Waals surface area contributed by atoms with E-state index in [1.54, 1.807) is 0 Å². The van der Waals surface area contributed by atoms with Crippen LogP contribution in [0.4, 0.5) is 0 Å². The third-order valence-corrected chi connectivity index (χ3v) is 5.35. The second kappa shape index (κ2) is 11.5. The minimum Gasteiger partial charge on any atom is -0.490 e. The third-order valence-electron chi connectivity index (χ3n) is 5.07. The monoisotopic (exact) mass is 423 g/mol. The van der Waals surface area contributed by atoms with Crippen LogP contribution in [0.2, 0.25) is 5.02 Å². The smallest absolute Gasteiger partial charge is 0.180 e. The molecule has 28 heavy (non-hydrogen) atoms. The van der Waals surface area contributed by atoms with Gasteiger partial charge in [0.2, 0.25) is 0 Å². The number of nitrogens with one attached hydrogen (secondary N) is 1. The van der Waals surface area contributed by atoms with E-state index in [0.29, 0.717) is 30.0 Å². The molecule has 2 aromatic rings. The molecule has 1 aliphatic rings. The van der Waals surface area contributed by atoms with E-state index in [1.807, 2.05) is 13.0 Å². The van der Waals surface area contributed by atoms with Gasteiger partial charge in [0, 0.05) is 12.6 Å². The Bertz CT molecular complexity index is 728. The lowest BCUT2D eigenvalue weighted by molar-refractivity contribution is 0.269. The summed E-state index contributed by atoms with van der Waals surface area (Å²) in [6, 6.07) is 13.0. The first-order valence-corrected chi connectivity index (χ1v) is 10.4. The molecule has 0 radical (unpaired) electrons. The quantitative estimate of drug-likeness (QED) is 0.527. The van der Waals surface area contributed by atoms with Crippen LogP contribution in [0.15, 0.2) is 36.4 Å². The van der Waals surface area contributed by atoms with Gasteiger partial charge < -0.3 is 14.8 Å². The van der Waals surface area contributed by atoms with E-state index in [-0.39, 0.29) is 12.4 Å². The molecule has 1 N–H and O–H groups in total. The molecule has 0 aliphatic heterocycles. The van der Waals surface area contributed by atoms with E-state index >= 15 is 0 Å². The van der Waals surface area contributed by atoms with Gasteiger partial charge in [-0.25, -0.2) is 0 Å². The molecule has 3 nitrogen and oxygen atoms in total. The van der Waals surface area contributed by atoms with Gasteiger partial charge in [0.05, 0.1) is 11.6 Å². The summed E-state index contributed by atoms with van der Waals surface area (Å²) in [4.78, 5) is 0. The maximum atomic E-state index is 6.55. The van der Waals surface area contributed by atoms with Gasteiger partial charge in [-0.1, -0.05) is 60.7 Å². The average Bonchev–Trinajstić information content (AvgIpc) is 2.68. The molecular weight excluding hydrogens is 393 g/mol. The van der Waals surface area contributed by atoms with Crippen molar-refractivity contribution in [2.75, 3.05) is 6.61 Å². The molecule has 1 saturated carbocycles. The zero-order valence-corrected chi connectivity index (χ0v) is 18.4. The highest BCUT2D eigenvalue weighted by molar-refractivity contribution is 6.32. The standard InChI is InChI=1S/C23H30ClNO2.ClH/c1-3-26-22-14-19(15-25-20-7-5-4-6-8-20)13-21(24)23(22)27-16-18-11-9-17(2)10-12-18;/h9-14,20,25H,3-8,15-16H2,1-2H3;1H. The van der Waals surface area contributed by atoms with Gasteiger partial charge >= 0.3 is 0 Å². The molecule has 5 heteroatoms. The molecule has 0 heterocycles. The van der Waals surface area contributed by atoms with Crippen molar-refractivity contribution in [3.05, 3.63) is 58.1 Å². The van der Waals surface area contributed by atoms with Gasteiger partial charge in [-0.3, -0.25) is 0 Å². The number of benzene rings is 2. The number of hydrogen-bond donors (Lipinski definition) is 1. The van der Waals surface area contributed by atoms with Gasteiger partial charge in [-0.2, -0.15) is 0 Å². The fourth-order valence-electron chi connectivity index (χ4n) is 3.54. The van der Waals surface area contributed by atoms with Crippen molar-refractivity contribution in [3.8, 4) is 11.5 Å². The zero-order valence-electron chi connectivity index (χ0n) is 16.8. The van der Waals surface area contributed by atoms with Crippen molar-refractivity contribution >= 4 is 24.0 Å². The minimum absolute atomic E-state index is 0. The molecule has 0 atom stereocenters. The molecule has 0 spiro atoms. The average molecular weight is 424 g/mol. The van der Waals surface area contributed by atoms with Gasteiger partial charge in [-0.05, 0) is 49.9 Å². The largest absolute Gasteiger partial charge is 0.490 e. The van der Waals surface area contributed by atoms with E-state index in [1.165, 1.54) is 37.7 Å². The highest BCUT2D eigenvalue weighted by Crippen LogP contribution is 2.37. The second-order valence-corrected chi connectivity index (χ2v) is 7.74. The van der Waals surface area contributed by atoms with E-state index in [4.69, 9.17) is 21.1 Å². The Morgan fingerprint density at radius 3 is 2.39 bits per heavy atom. The minimum atomic E-state index is 0. The van der Waals surface area contributed by atoms with Crippen LogP contribution in [-0.4, -0.2) is 12.6 Å². The number of halogens is 2. The van der Waals surface area contributed by atoms with Crippen molar-refractivity contribution in [2.24, 2.45) is 0 Å². The molecule has 1 fully saturated rings. The molecule has 0 saturated heterocycles. The van der Waals surface area contributed by atoms with Gasteiger partial charge in [-0.15, -0.1) is 12.4 Å². The summed E-state index contributed by atoms with van der Waals surface area (Å²) in [5, 5.41) is 4.27. The summed E-state index contributed by atoms with van der Waals surface area (Å²) in [5.74, 6) is 1.35. The number of hydrogen-bond acceptors (Lipinski definition) is 3. The Morgan fingerprint density at radius 1 is 1.00 bits per heavy atom. The highest BCUT2D eigenvalue weighted by Gasteiger charge is 2.16. The Labute approximate surface area is 180 Å². The molecule has 1 aliphatic carbocycles. The number of rotatable bonds is 8. The zero-order chi connectivity index (χ0) is 19.1. The molecule has 2 aromatic carbocycles. The van der Waals surface area contributed by atoms with E-state index in [2.05, 4.69) is 42.6 Å². The van der Waals surface area contributed by atoms with Gasteiger partial charge in [0.25, 0.3) is 0 Å². The second-order valence-electron chi connectivity index (χ2n) is 7.33. The van der Waals surface area contributed by atoms with Crippen LogP contribution in [-0.2, 0) is 13.2 Å². The van der Waals surface area contributed by atoms with Crippen LogP contribution >= 0.6 is 24.0 Å². The van der Waals surface area contributed by atoms with Crippen LogP contribution in [0.1, 0.15) is 55.7 Å². The normalized spacial score (nSPS) is 14.4. The van der Waals surface area contributed by atoms with Crippen LogP contribution in [0.25, 0.3) is 0 Å². The van der Waals surface area contributed by atoms with E-state index in [0.717, 1.165) is 23.4 Å². The molecule has 0 unspecified atom stereocenters. The molecule has 0 aromatic heterocycles. The van der Waals surface area contributed by atoms with Crippen molar-refractivity contribution in [1.29, 1.82) is 0 Å². The first-order valence-electron chi connectivity index (χ1n) is 10.0. The number of aryl methyl sites for hydroxylation is 1. The molecule has 154 valence electrons. The maximum absolute atomic E-state index is 6.55. The summed E-state index contributed by atoms with van der Waals surface area (Å²) >= 11 is 6.55. The fraction of sp³-hybridized carbons (Fsp3) is 0.478. The molecule has 0 amide bonds. The van der Waals surface area contributed by atoms with Crippen molar-refractivity contribution in [2.45, 2.75) is 65.1 Å². The topological polar surface area (TPSA) is 30.5 Å². The summed E-state index contributed by atoms with van der Waals surface area (Å²) < 4.78 is 11.8. The van der Waals surface area contributed by atoms with Gasteiger partial charge in [0.15, 0.2) is 11.5 Å². The summed E-state index contributed by atoms with van der Waals surface area (Å²) in [6.07, 6.45) is 6.56. The Hall–Kier alpha value is -1.42. The Kier molecular flexibility index (Phi) is 9.43. The predicted molar refractivity (Wildman–Crippen MR) is 119 cm³/mol. The van der Waals surface area contributed by atoms with Crippen LogP contribution < -0.4 is 14.8 Å². The van der Waals surface area contributed by atoms with E-state index < -0.39 is 0 Å². The first-order chi connectivity index (χ1) is 13.2. The lowest BCUT2D eigenvalue weighted by Crippen LogP contribution is -2.30. The third kappa shape index (κ3) is 6.58. The fourth-order valence-corrected chi connectivity index (χ4v) is 3.82. The van der Waals surface area contributed by atoms with Crippen LogP contribution in [0.5, 0.6) is 11.5 Å². The van der Waals surface area contributed by atoms with Crippen molar-refractivity contribution < 1.29 is 9.47 Å². The molecule has 3 rings (SSSR count). The molecule has 0 bridgehead atoms. The summed E-state index contributed by atoms with van der Waals surface area (Å²) in [7, 11) is 0. The summed E-state index contributed by atoms with van der Waals surface area (Å²) in [6.45, 7) is 5.92. The Morgan fingerprint density at radius 2 is 1.71 bits per heavy atom. The van der Waals surface area contributed by atoms with Crippen molar-refractivity contribution in [1.82, 2.24) is 5.32 Å². The highest BCUT2D eigenvalue weighted by atomic mass is 35.5. The van der Waals surface area contributed by atoms with Gasteiger partial charge in [0.1, 0.15) is 6.61 Å². The predicted octanol–water partition coefficient (Wildman–Crippen LogP) is 6.47. The number of ether oxygens (including phenoxy) is 2. The lowest BCUT2D eigenvalue weighted by Gasteiger charge is -2.23. The SMILES string of the molecule is CCOc1cc(CNC2CCCCC2)cc(Cl)c1OCc1ccc(C)cc1.Cl. The molecular formula is C23H31Cl2NO2. The van der Waals surface area contributed by atoms with Crippen molar-refractivity contribution in [3.63, 3.8) is 0 Å². The van der Waals surface area contributed by atoms with Crippen LogP contribution in [0.3, 0.4) is 0 Å². The lowest BCUT2D eigenvalue weighted by atomic mass is 9.95. The maximum Gasteiger partial charge on any atom is 0.180 e. The first kappa shape index (κ1) is 22.9. The summed E-state index contributed by atoms with van der Waals surface area (Å²) in [5.41, 5.74) is 3.49.